The summed E-state index contributed by atoms with van der Waals surface area (Å²) in [6.45, 7) is 17.6. The molecule has 5 saturated carbocycles. The summed E-state index contributed by atoms with van der Waals surface area (Å²) in [4.78, 5) is 0. The van der Waals surface area contributed by atoms with E-state index in [1.54, 1.807) is 0 Å². The minimum absolute atomic E-state index is 0.454. The van der Waals surface area contributed by atoms with Gasteiger partial charge >= 0.3 is 0 Å². The molecule has 0 amide bonds. The van der Waals surface area contributed by atoms with Gasteiger partial charge in [0.2, 0.25) is 0 Å². The molecule has 0 nitrogen and oxygen atoms in total. The van der Waals surface area contributed by atoms with Crippen molar-refractivity contribution in [3.8, 4) is 0 Å². The third-order valence-electron chi connectivity index (χ3n) is 7.91. The van der Waals surface area contributed by atoms with Gasteiger partial charge in [0.1, 0.15) is 0 Å². The van der Waals surface area contributed by atoms with Gasteiger partial charge in [0.05, 0.1) is 0 Å². The minimum atomic E-state index is -2.26. The lowest BCUT2D eigenvalue weighted by Crippen LogP contribution is -2.60. The molecule has 0 spiro atoms. The van der Waals surface area contributed by atoms with Gasteiger partial charge in [-0.25, -0.2) is 13.2 Å². The predicted molar refractivity (Wildman–Crippen MR) is 77.2 cm³/mol. The van der Waals surface area contributed by atoms with Crippen molar-refractivity contribution in [1.82, 2.24) is 0 Å². The van der Waals surface area contributed by atoms with E-state index in [4.69, 9.17) is 0 Å². The Morgan fingerprint density at radius 3 is 0.667 bits per heavy atom. The lowest BCUT2D eigenvalue weighted by molar-refractivity contribution is -0.157. The summed E-state index contributed by atoms with van der Waals surface area (Å²) < 4.78 is 46.4. The standard InChI is InChI=1S/C18H27F3/c1-10(2,3)13-14(11(4,5)6)15(13,12(7,8)9)18(21)16(13,19)17(14,18)20/h1-9H3. The third kappa shape index (κ3) is 0.581. The fourth-order valence-corrected chi connectivity index (χ4v) is 8.85. The summed E-state index contributed by atoms with van der Waals surface area (Å²) in [5, 5.41) is 0. The Hall–Kier alpha value is -0.210. The fraction of sp³-hybridized carbons (Fsp3) is 1.00. The lowest BCUT2D eigenvalue weighted by Gasteiger charge is -2.52. The van der Waals surface area contributed by atoms with Crippen molar-refractivity contribution in [2.75, 3.05) is 0 Å². The highest BCUT2D eigenvalue weighted by Gasteiger charge is 3.45. The summed E-state index contributed by atoms with van der Waals surface area (Å²) in [6.07, 6.45) is 0. The van der Waals surface area contributed by atoms with E-state index >= 15 is 13.2 Å². The van der Waals surface area contributed by atoms with Gasteiger partial charge in [0.15, 0.2) is 17.0 Å². The molecule has 5 aliphatic rings. The third-order valence-corrected chi connectivity index (χ3v) is 7.91. The van der Waals surface area contributed by atoms with Crippen LogP contribution in [-0.2, 0) is 0 Å². The largest absolute Gasteiger partial charge is 0.236 e. The van der Waals surface area contributed by atoms with Crippen molar-refractivity contribution in [3.63, 3.8) is 0 Å². The number of rotatable bonds is 0. The lowest BCUT2D eigenvalue weighted by atomic mass is 9.52. The monoisotopic (exact) mass is 300 g/mol. The van der Waals surface area contributed by atoms with Crippen LogP contribution in [0.3, 0.4) is 0 Å². The average molecular weight is 300 g/mol. The van der Waals surface area contributed by atoms with Crippen LogP contribution in [0.2, 0.25) is 0 Å². The smallest absolute Gasteiger partial charge is 0.193 e. The zero-order chi connectivity index (χ0) is 16.5. The first kappa shape index (κ1) is 14.4. The molecule has 0 bridgehead atoms. The maximum Gasteiger partial charge on any atom is 0.193 e. The molecule has 0 aromatic heterocycles. The van der Waals surface area contributed by atoms with Crippen LogP contribution in [0.1, 0.15) is 62.3 Å². The molecular weight excluding hydrogens is 273 g/mol. The van der Waals surface area contributed by atoms with Gasteiger partial charge in [0.25, 0.3) is 0 Å². The molecule has 0 aromatic carbocycles. The summed E-state index contributed by atoms with van der Waals surface area (Å²) in [5.74, 6) is 0. The van der Waals surface area contributed by atoms with E-state index in [0.29, 0.717) is 0 Å². The van der Waals surface area contributed by atoms with Crippen molar-refractivity contribution >= 4 is 0 Å². The molecule has 0 aromatic rings. The first-order valence-electron chi connectivity index (χ1n) is 8.07. The molecule has 0 saturated heterocycles. The molecule has 0 aliphatic heterocycles. The van der Waals surface area contributed by atoms with Crippen LogP contribution in [0.15, 0.2) is 0 Å². The number of hydrogen-bond donors (Lipinski definition) is 0. The van der Waals surface area contributed by atoms with E-state index in [1.807, 2.05) is 62.3 Å². The molecule has 0 heterocycles. The van der Waals surface area contributed by atoms with E-state index in [0.717, 1.165) is 0 Å². The van der Waals surface area contributed by atoms with Crippen LogP contribution in [0.5, 0.6) is 0 Å². The normalized spacial score (nSPS) is 63.4. The van der Waals surface area contributed by atoms with E-state index in [2.05, 4.69) is 0 Å². The van der Waals surface area contributed by atoms with Crippen LogP contribution in [-0.4, -0.2) is 17.0 Å². The molecule has 3 heteroatoms. The van der Waals surface area contributed by atoms with Crippen molar-refractivity contribution in [3.05, 3.63) is 0 Å². The van der Waals surface area contributed by atoms with Gasteiger partial charge in [0, 0.05) is 16.2 Å². The van der Waals surface area contributed by atoms with E-state index in [-0.39, 0.29) is 0 Å². The molecule has 0 N–H and O–H groups in total. The summed E-state index contributed by atoms with van der Waals surface area (Å²) >= 11 is 0. The molecular formula is C18H27F3. The number of halogens is 3. The Balaban J connectivity index is 2.07. The fourth-order valence-electron chi connectivity index (χ4n) is 8.85. The highest BCUT2D eigenvalue weighted by atomic mass is 19.2. The number of alkyl halides is 3. The molecule has 120 valence electrons. The Morgan fingerprint density at radius 1 is 0.429 bits per heavy atom. The zero-order valence-electron chi connectivity index (χ0n) is 14.6. The first-order chi connectivity index (χ1) is 9.00. The Kier molecular flexibility index (Phi) is 1.65. The topological polar surface area (TPSA) is 0 Å². The van der Waals surface area contributed by atoms with Crippen LogP contribution < -0.4 is 0 Å². The predicted octanol–water partition coefficient (Wildman–Crippen LogP) is 5.26. The SMILES string of the molecule is CC(C)(C)C12C3(F)C4(F)C3(F)C1(C(C)(C)C)C42C(C)(C)C. The highest BCUT2D eigenvalue weighted by Crippen LogP contribution is 3.30. The molecule has 5 rings (SSSR count). The Labute approximate surface area is 125 Å². The van der Waals surface area contributed by atoms with Gasteiger partial charge in [-0.05, 0) is 16.2 Å². The second kappa shape index (κ2) is 2.41. The van der Waals surface area contributed by atoms with Gasteiger partial charge in [-0.3, -0.25) is 0 Å². The molecule has 0 radical (unpaired) electrons. The van der Waals surface area contributed by atoms with Gasteiger partial charge in [-0.2, -0.15) is 0 Å². The summed E-state index contributed by atoms with van der Waals surface area (Å²) in [5.41, 5.74) is -10.8. The van der Waals surface area contributed by atoms with Gasteiger partial charge in [-0.1, -0.05) is 62.3 Å². The van der Waals surface area contributed by atoms with Crippen molar-refractivity contribution in [2.24, 2.45) is 32.5 Å². The quantitative estimate of drug-likeness (QED) is 0.572. The number of hydrogen-bond acceptors (Lipinski definition) is 0. The van der Waals surface area contributed by atoms with E-state index in [1.165, 1.54) is 0 Å². The molecule has 21 heavy (non-hydrogen) atoms. The van der Waals surface area contributed by atoms with Crippen LogP contribution in [0.25, 0.3) is 0 Å². The van der Waals surface area contributed by atoms with Crippen molar-refractivity contribution in [1.29, 1.82) is 0 Å². The maximum atomic E-state index is 15.5. The van der Waals surface area contributed by atoms with Crippen LogP contribution in [0, 0.1) is 32.5 Å². The Bertz CT molecular complexity index is 496. The minimum Gasteiger partial charge on any atom is -0.236 e. The van der Waals surface area contributed by atoms with E-state index < -0.39 is 49.5 Å². The average Bonchev–Trinajstić information content (AvgIpc) is 2.83. The van der Waals surface area contributed by atoms with E-state index in [9.17, 15) is 0 Å². The maximum absolute atomic E-state index is 15.5. The van der Waals surface area contributed by atoms with Gasteiger partial charge < -0.3 is 0 Å². The second-order valence-corrected chi connectivity index (χ2v) is 11.0. The van der Waals surface area contributed by atoms with Crippen LogP contribution in [0.4, 0.5) is 13.2 Å². The second-order valence-electron chi connectivity index (χ2n) is 11.0. The van der Waals surface area contributed by atoms with Gasteiger partial charge in [-0.15, -0.1) is 0 Å². The zero-order valence-corrected chi connectivity index (χ0v) is 14.6. The van der Waals surface area contributed by atoms with Crippen molar-refractivity contribution in [2.45, 2.75) is 79.3 Å². The molecule has 5 aliphatic carbocycles. The molecule has 5 fully saturated rings. The molecule has 0 unspecified atom stereocenters. The summed E-state index contributed by atoms with van der Waals surface area (Å²) in [7, 11) is 0. The Morgan fingerprint density at radius 2 is 0.571 bits per heavy atom. The first-order valence-corrected chi connectivity index (χ1v) is 8.07. The highest BCUT2D eigenvalue weighted by molar-refractivity contribution is 5.89. The summed E-state index contributed by atoms with van der Waals surface area (Å²) in [6, 6.07) is 0. The molecule has 0 atom stereocenters. The van der Waals surface area contributed by atoms with Crippen molar-refractivity contribution < 1.29 is 13.2 Å². The van der Waals surface area contributed by atoms with Crippen LogP contribution >= 0.6 is 0 Å².